The molecular formula is C112H215N31O3Si. The lowest BCUT2D eigenvalue weighted by atomic mass is 9.89. The number of hydrogen-bond donors (Lipinski definition) is 3. The number of piperidine rings is 1. The highest BCUT2D eigenvalue weighted by atomic mass is 28.3. The standard InChI is InChI=1S/C9H19N.C8H17N3Si.C8H17N.2C8H16O.C7H12N2O.4C7H12N2.5C6H11N3.C6H15N/c1-9(2,3)10-7-5-4-6-8-10;1-7(2)11-6-8(9-10-11)12(3,4)5;1-8(2,3)9-6-4-5-7-9;1-7(9)5-6-8(2,3)4;1-5-7(9)6-8(2,3)4;1-7(2,3)9-6(10)4-5-8-9;1-7(2,3)9-5-4-8-6-9;1-7(2,3)6-8-4-5-9-6;1-7(2,3)9-6-4-5-8-9;1-7(2,3)6-4-5-8-9-6;2*1-6(2,3)9-5-7-4-8-9;2*1-6(2,3)5-7-4-8-9-5;1-6(2,3)9-5-4-7-8-9;1-5-7-6(2,3)4/h4-8H2,1-3H3;6-7H,1-5H3;4-7H2,1-3H3;2*5-6H2,1-4H3;5H,4H2,1-3H3;4-6H,1-3H3;4-5H,1-3H3,(H,8,9);4-6H,1-3H3;5H,4H2,1-3H3;2*4-5H,1-3H3;4H2,1-3H3;4H,1-3H3,(H,7,8,9);4-5H,1-3H3;7H,5H2,1-4H3. The molecule has 35 heteroatoms. The second kappa shape index (κ2) is 64.3. The fourth-order valence-corrected chi connectivity index (χ4v) is 13.0. The van der Waals surface area contributed by atoms with Crippen LogP contribution in [0.25, 0.3) is 0 Å². The molecule has 0 aromatic carbocycles. The minimum Gasteiger partial charge on any atom is -0.348 e. The fraction of sp³-hybridized carbons (Fsp3) is 0.768. The lowest BCUT2D eigenvalue weighted by molar-refractivity contribution is -0.133. The number of imidazole rings is 2. The van der Waals surface area contributed by atoms with Crippen LogP contribution in [-0.4, -0.2) is 230 Å². The van der Waals surface area contributed by atoms with E-state index in [2.05, 4.69) is 464 Å². The average molecular weight is 2070 g/mol. The summed E-state index contributed by atoms with van der Waals surface area (Å²) in [7, 11) is -1.25. The molecule has 840 valence electrons. The van der Waals surface area contributed by atoms with Crippen LogP contribution in [0.5, 0.6) is 0 Å². The predicted octanol–water partition coefficient (Wildman–Crippen LogP) is 25.7. The first kappa shape index (κ1) is 142. The third-order valence-electron chi connectivity index (χ3n) is 21.2. The molecule has 0 spiro atoms. The third-order valence-corrected chi connectivity index (χ3v) is 23.0. The quantitative estimate of drug-likeness (QED) is 0.125. The monoisotopic (exact) mass is 2070 g/mol. The van der Waals surface area contributed by atoms with Crippen LogP contribution in [0.1, 0.15) is 435 Å². The molecule has 0 radical (unpaired) electrons. The number of Topliss-reactive ketones (excluding diaryl/α,β-unsaturated/α-hetero) is 2. The van der Waals surface area contributed by atoms with E-state index in [4.69, 9.17) is 0 Å². The van der Waals surface area contributed by atoms with Crippen LogP contribution < -0.4 is 10.6 Å². The van der Waals surface area contributed by atoms with Crippen molar-refractivity contribution in [3.63, 3.8) is 0 Å². The van der Waals surface area contributed by atoms with Crippen LogP contribution in [0.3, 0.4) is 0 Å². The van der Waals surface area contributed by atoms with Crippen molar-refractivity contribution in [2.45, 2.75) is 503 Å². The first-order chi connectivity index (χ1) is 66.5. The Bertz CT molecular complexity index is 4380. The van der Waals surface area contributed by atoms with Gasteiger partial charge in [-0.2, -0.15) is 40.8 Å². The Kier molecular flexibility index (Phi) is 61.9. The van der Waals surface area contributed by atoms with Crippen LogP contribution in [0.2, 0.25) is 19.6 Å². The van der Waals surface area contributed by atoms with E-state index in [1.54, 1.807) is 63.2 Å². The summed E-state index contributed by atoms with van der Waals surface area (Å²) in [6.07, 6.45) is 41.7. The van der Waals surface area contributed by atoms with Crippen molar-refractivity contribution in [2.24, 2.45) is 52.2 Å². The van der Waals surface area contributed by atoms with Crippen molar-refractivity contribution in [1.82, 2.24) is 124 Å². The molecule has 147 heavy (non-hydrogen) atoms. The molecule has 0 saturated carbocycles. The Morgan fingerprint density at radius 3 is 1.18 bits per heavy atom. The maximum Gasteiger partial charge on any atom is 0.248 e. The topological polar surface area (TPSA) is 376 Å². The molecule has 8 aromatic rings. The molecule has 1 amide bonds. The molecule has 0 atom stereocenters. The zero-order valence-electron chi connectivity index (χ0n) is 103. The lowest BCUT2D eigenvalue weighted by Gasteiger charge is -2.38. The summed E-state index contributed by atoms with van der Waals surface area (Å²) in [6.45, 7) is 119. The average Bonchev–Trinajstić information content (AvgIpc) is 1.71. The van der Waals surface area contributed by atoms with Gasteiger partial charge in [0.25, 0.3) is 0 Å². The number of amides is 1. The van der Waals surface area contributed by atoms with Gasteiger partial charge in [-0.05, 0) is 289 Å². The molecular weight excluding hydrogens is 1860 g/mol. The molecule has 5 aliphatic heterocycles. The summed E-state index contributed by atoms with van der Waals surface area (Å²) < 4.78 is 11.4. The van der Waals surface area contributed by atoms with E-state index in [0.717, 1.165) is 43.3 Å². The number of H-pyrrole nitrogens is 2. The van der Waals surface area contributed by atoms with Gasteiger partial charge >= 0.3 is 0 Å². The second-order valence-corrected chi connectivity index (χ2v) is 59.1. The van der Waals surface area contributed by atoms with Gasteiger partial charge in [0.15, 0.2) is 12.5 Å². The normalized spacial score (nSPS) is 14.6. The molecule has 5 aliphatic rings. The zero-order valence-corrected chi connectivity index (χ0v) is 104. The van der Waals surface area contributed by atoms with Crippen molar-refractivity contribution < 1.29 is 14.4 Å². The van der Waals surface area contributed by atoms with Gasteiger partial charge in [0.1, 0.15) is 62.9 Å². The smallest absolute Gasteiger partial charge is 0.248 e. The van der Waals surface area contributed by atoms with Gasteiger partial charge in [0, 0.05) is 138 Å². The van der Waals surface area contributed by atoms with Crippen molar-refractivity contribution in [3.8, 4) is 0 Å². The number of ketones is 2. The summed E-state index contributed by atoms with van der Waals surface area (Å²) in [4.78, 5) is 64.4. The van der Waals surface area contributed by atoms with Crippen molar-refractivity contribution in [2.75, 3.05) is 39.4 Å². The van der Waals surface area contributed by atoms with Crippen LogP contribution in [-0.2, 0) is 52.9 Å². The SMILES string of the molecule is CC(=O)CCC(C)(C)C.CC(C)(C)C1=NCN=N1.CC(C)(C)C1=NN=CC1.CC(C)(C)N1CCCC1.CC(C)(C)N1CCCCC1.CC(C)(C)N1N=CCC1=O.CC(C)(C)c1ncc[nH]1.CC(C)(C)c1ncn[nH]1.CC(C)(C)n1cccn1.CC(C)(C)n1ccnc1.CC(C)(C)n1ccnn1.CC(C)(C)n1cncn1.CC(C)(C)n1cncn1.CC(C)n1cc([Si](C)(C)C)nn1.CCC(=O)CC(C)(C)C.CCNC(C)(C)C. The predicted molar refractivity (Wildman–Crippen MR) is 619 cm³/mol. The minimum absolute atomic E-state index is 0.0660. The van der Waals surface area contributed by atoms with E-state index in [9.17, 15) is 14.4 Å². The van der Waals surface area contributed by atoms with Crippen LogP contribution in [0.4, 0.5) is 0 Å². The Morgan fingerprint density at radius 1 is 0.490 bits per heavy atom. The lowest BCUT2D eigenvalue weighted by Crippen LogP contribution is -2.44. The van der Waals surface area contributed by atoms with Gasteiger partial charge < -0.3 is 19.7 Å². The van der Waals surface area contributed by atoms with Gasteiger partial charge in [0.05, 0.1) is 57.7 Å². The number of nitrogens with zero attached hydrogens (tertiary/aromatic N) is 28. The van der Waals surface area contributed by atoms with Crippen molar-refractivity contribution >= 4 is 54.8 Å². The minimum atomic E-state index is -1.25. The molecule has 0 bridgehead atoms. The van der Waals surface area contributed by atoms with Crippen molar-refractivity contribution in [1.29, 1.82) is 0 Å². The van der Waals surface area contributed by atoms with Gasteiger partial charge in [-0.15, -0.1) is 15.3 Å². The van der Waals surface area contributed by atoms with E-state index in [0.29, 0.717) is 65.6 Å². The number of azo groups is 1. The summed E-state index contributed by atoms with van der Waals surface area (Å²) >= 11 is 0. The van der Waals surface area contributed by atoms with E-state index in [1.807, 2.05) is 94.5 Å². The van der Waals surface area contributed by atoms with E-state index < -0.39 is 8.07 Å². The maximum absolute atomic E-state index is 11.0. The van der Waals surface area contributed by atoms with E-state index >= 15 is 0 Å². The summed E-state index contributed by atoms with van der Waals surface area (Å²) in [5, 5.41) is 59.8. The molecule has 8 aromatic heterocycles. The molecule has 13 heterocycles. The molecule has 2 saturated heterocycles. The van der Waals surface area contributed by atoms with Gasteiger partial charge in [-0.3, -0.25) is 33.9 Å². The number of hydrogen-bond acceptors (Lipinski definition) is 25. The summed E-state index contributed by atoms with van der Waals surface area (Å²) in [6, 6.07) is 2.35. The highest BCUT2D eigenvalue weighted by Crippen LogP contribution is 2.27. The number of carbonyl (C=O) groups is 3. The van der Waals surface area contributed by atoms with Crippen molar-refractivity contribution in [3.05, 3.63) is 111 Å². The largest absolute Gasteiger partial charge is 0.348 e. The van der Waals surface area contributed by atoms with Crippen LogP contribution in [0.15, 0.2) is 130 Å². The third kappa shape index (κ3) is 71.0. The Hall–Kier alpha value is -9.48. The first-order valence-electron chi connectivity index (χ1n) is 53.0. The highest BCUT2D eigenvalue weighted by Gasteiger charge is 2.30. The number of likely N-dealkylation sites (tertiary alicyclic amines) is 2. The zero-order chi connectivity index (χ0) is 115. The van der Waals surface area contributed by atoms with E-state index in [1.165, 1.54) is 80.6 Å². The number of hydrazone groups is 1. The van der Waals surface area contributed by atoms with Gasteiger partial charge in [-0.25, -0.2) is 49.0 Å². The molecule has 2 fully saturated rings. The number of amidine groups is 1. The number of nitrogens with one attached hydrogen (secondary N) is 3. The highest BCUT2D eigenvalue weighted by molar-refractivity contribution is 6.88. The molecule has 0 aliphatic carbocycles. The van der Waals surface area contributed by atoms with Gasteiger partial charge in [-0.1, -0.05) is 175 Å². The first-order valence-corrected chi connectivity index (χ1v) is 56.5. The number of carbonyl (C=O) groups excluding carboxylic acids is 3. The summed E-state index contributed by atoms with van der Waals surface area (Å²) in [5.41, 5.74) is 3.65. The summed E-state index contributed by atoms with van der Waals surface area (Å²) in [5.74, 6) is 3.59. The molecule has 3 N–H and O–H groups in total. The Morgan fingerprint density at radius 2 is 0.993 bits per heavy atom. The van der Waals surface area contributed by atoms with Crippen LogP contribution >= 0.6 is 0 Å². The van der Waals surface area contributed by atoms with Gasteiger partial charge in [0.2, 0.25) is 5.91 Å². The maximum atomic E-state index is 11.0. The number of aromatic amines is 2. The molecule has 0 unspecified atom stereocenters. The second-order valence-electron chi connectivity index (χ2n) is 54.0. The number of rotatable bonds is 7. The van der Waals surface area contributed by atoms with E-state index in [-0.39, 0.29) is 66.2 Å². The van der Waals surface area contributed by atoms with Crippen LogP contribution in [0, 0.1) is 21.7 Å². The fourth-order valence-electron chi connectivity index (χ4n) is 12.1. The number of aliphatic imine (C=N–C) groups is 1. The number of aromatic nitrogens is 21. The molecule has 34 nitrogen and oxygen atoms in total. The Balaban J connectivity index is -0.00000151. The molecule has 13 rings (SSSR count). The Labute approximate surface area is 894 Å².